The fourth-order valence-electron chi connectivity index (χ4n) is 7.33. The molecule has 0 spiro atoms. The van der Waals surface area contributed by atoms with Gasteiger partial charge in [-0.3, -0.25) is 24.0 Å². The van der Waals surface area contributed by atoms with Crippen LogP contribution in [-0.2, 0) is 55.7 Å². The topological polar surface area (TPSA) is 107 Å². The predicted molar refractivity (Wildman–Crippen MR) is 176 cm³/mol. The van der Waals surface area contributed by atoms with E-state index in [1.54, 1.807) is 24.2 Å². The zero-order valence-electron chi connectivity index (χ0n) is 27.5. The first kappa shape index (κ1) is 30.9. The zero-order valence-corrected chi connectivity index (χ0v) is 27.5. The van der Waals surface area contributed by atoms with Gasteiger partial charge >= 0.3 is 5.97 Å². The molecule has 1 N–H and O–H groups in total. The van der Waals surface area contributed by atoms with Crippen molar-refractivity contribution in [1.82, 2.24) is 23.8 Å². The largest absolute Gasteiger partial charge is 0.461 e. The number of benzene rings is 1. The molecular formula is C35H40FN7O4. The Hall–Kier alpha value is -4.71. The molecule has 0 fully saturated rings. The molecule has 0 saturated heterocycles. The second-order valence-corrected chi connectivity index (χ2v) is 13.7. The molecule has 2 aliphatic heterocycles. The van der Waals surface area contributed by atoms with E-state index in [2.05, 4.69) is 40.7 Å². The Morgan fingerprint density at radius 3 is 2.64 bits per heavy atom. The summed E-state index contributed by atoms with van der Waals surface area (Å²) in [6, 6.07) is 8.25. The summed E-state index contributed by atoms with van der Waals surface area (Å²) < 4.78 is 26.5. The number of fused-ring (bicyclic) bond motifs is 4. The summed E-state index contributed by atoms with van der Waals surface area (Å²) in [4.78, 5) is 43.2. The molecule has 47 heavy (non-hydrogen) atoms. The summed E-state index contributed by atoms with van der Waals surface area (Å²) in [7, 11) is 1.63. The van der Waals surface area contributed by atoms with E-state index in [4.69, 9.17) is 4.74 Å². The molecule has 12 heteroatoms. The van der Waals surface area contributed by atoms with Gasteiger partial charge in [-0.1, -0.05) is 20.8 Å². The minimum atomic E-state index is -0.551. The van der Waals surface area contributed by atoms with Crippen molar-refractivity contribution in [1.29, 1.82) is 0 Å². The van der Waals surface area contributed by atoms with Gasteiger partial charge in [-0.05, 0) is 60.2 Å². The summed E-state index contributed by atoms with van der Waals surface area (Å²) >= 11 is 0. The van der Waals surface area contributed by atoms with Crippen molar-refractivity contribution in [3.8, 4) is 11.1 Å². The van der Waals surface area contributed by atoms with Gasteiger partial charge in [0.05, 0.1) is 17.9 Å². The second-order valence-electron chi connectivity index (χ2n) is 13.7. The molecule has 1 amide bonds. The Balaban J connectivity index is 1.28. The fraction of sp³-hybridized carbons (Fsp3) is 0.429. The lowest BCUT2D eigenvalue weighted by Gasteiger charge is -2.32. The van der Waals surface area contributed by atoms with Gasteiger partial charge in [0.1, 0.15) is 23.8 Å². The van der Waals surface area contributed by atoms with Gasteiger partial charge in [0.15, 0.2) is 5.82 Å². The molecule has 1 aromatic carbocycles. The average Bonchev–Trinajstić information content (AvgIpc) is 3.67. The smallest absolute Gasteiger partial charge is 0.302 e. The Morgan fingerprint density at radius 2 is 1.87 bits per heavy atom. The Morgan fingerprint density at radius 1 is 1.06 bits per heavy atom. The summed E-state index contributed by atoms with van der Waals surface area (Å²) in [6.07, 6.45) is 3.43. The lowest BCUT2D eigenvalue weighted by Crippen LogP contribution is -2.41. The molecule has 1 aliphatic carbocycles. The van der Waals surface area contributed by atoms with Crippen LogP contribution in [0.25, 0.3) is 11.1 Å². The number of ether oxygens (including phenoxy) is 1. The SMILES string of the molecule is CCN1CCn2nc(Nc3cc(-c4cc(F)cc(N5CCn6c(cc7c6CC(C)(C)C7)C5=O)c4COC(C)=O)cn(C)c3=O)cc2C1. The van der Waals surface area contributed by atoms with Gasteiger partial charge in [-0.15, -0.1) is 0 Å². The van der Waals surface area contributed by atoms with Gasteiger partial charge in [0, 0.05) is 69.2 Å². The number of anilines is 3. The highest BCUT2D eigenvalue weighted by Gasteiger charge is 2.37. The molecule has 0 bridgehead atoms. The van der Waals surface area contributed by atoms with Crippen LogP contribution in [-0.4, -0.2) is 55.3 Å². The van der Waals surface area contributed by atoms with Crippen LogP contribution in [0.1, 0.15) is 60.7 Å². The molecule has 4 aromatic rings. The maximum Gasteiger partial charge on any atom is 0.302 e. The molecule has 5 heterocycles. The number of esters is 1. The molecule has 3 aliphatic rings. The van der Waals surface area contributed by atoms with Crippen molar-refractivity contribution in [3.05, 3.63) is 80.9 Å². The summed E-state index contributed by atoms with van der Waals surface area (Å²) in [5.41, 5.74) is 5.91. The normalized spacial score (nSPS) is 17.0. The van der Waals surface area contributed by atoms with Gasteiger partial charge in [0.25, 0.3) is 11.5 Å². The molecule has 3 aromatic heterocycles. The van der Waals surface area contributed by atoms with Gasteiger partial charge in [-0.2, -0.15) is 5.10 Å². The van der Waals surface area contributed by atoms with E-state index in [0.29, 0.717) is 47.0 Å². The summed E-state index contributed by atoms with van der Waals surface area (Å²) in [6.45, 7) is 12.0. The van der Waals surface area contributed by atoms with Crippen molar-refractivity contribution in [2.45, 2.75) is 66.8 Å². The quantitative estimate of drug-likeness (QED) is 0.294. The van der Waals surface area contributed by atoms with Gasteiger partial charge in [0.2, 0.25) is 0 Å². The number of nitrogens with zero attached hydrogens (tertiary/aromatic N) is 6. The highest BCUT2D eigenvalue weighted by atomic mass is 19.1. The number of likely N-dealkylation sites (N-methyl/N-ethyl adjacent to an activating group) is 1. The molecule has 11 nitrogen and oxygen atoms in total. The number of aromatic nitrogens is 4. The van der Waals surface area contributed by atoms with Crippen molar-refractivity contribution >= 4 is 29.1 Å². The molecular weight excluding hydrogens is 601 g/mol. The van der Waals surface area contributed by atoms with Crippen LogP contribution in [0.15, 0.2) is 41.3 Å². The molecule has 7 rings (SSSR count). The number of aryl methyl sites for hydroxylation is 1. The molecule has 246 valence electrons. The third-order valence-electron chi connectivity index (χ3n) is 9.61. The predicted octanol–water partition coefficient (Wildman–Crippen LogP) is 4.62. The first-order valence-corrected chi connectivity index (χ1v) is 16.2. The highest BCUT2D eigenvalue weighted by molar-refractivity contribution is 6.07. The van der Waals surface area contributed by atoms with Crippen LogP contribution in [0.4, 0.5) is 21.6 Å². The first-order chi connectivity index (χ1) is 22.4. The van der Waals surface area contributed by atoms with E-state index >= 15 is 4.39 Å². The average molecular weight is 642 g/mol. The molecule has 0 radical (unpaired) electrons. The third kappa shape index (κ3) is 5.64. The summed E-state index contributed by atoms with van der Waals surface area (Å²) in [5.74, 6) is -0.732. The standard InChI is InChI=1S/C35H40FN7O4/c1-6-40-7-10-43-25(19-40)15-32(38-43)37-28-11-23(18-39(5)33(28)45)26-13-24(36)14-29(27(26)20-47-21(2)44)42-9-8-41-30(34(42)46)12-22-16-35(3,4)17-31(22)41/h11-15,18H,6-10,16-17,19-20H2,1-5H3,(H,37,38). The Kier molecular flexibility index (Phi) is 7.58. The van der Waals surface area contributed by atoms with Crippen LogP contribution < -0.4 is 15.8 Å². The van der Waals surface area contributed by atoms with E-state index in [0.717, 1.165) is 44.7 Å². The van der Waals surface area contributed by atoms with Crippen LogP contribution in [0.2, 0.25) is 0 Å². The Bertz CT molecular complexity index is 1990. The van der Waals surface area contributed by atoms with Crippen molar-refractivity contribution in [2.24, 2.45) is 12.5 Å². The van der Waals surface area contributed by atoms with Crippen molar-refractivity contribution in [2.75, 3.05) is 29.9 Å². The highest BCUT2D eigenvalue weighted by Crippen LogP contribution is 2.41. The van der Waals surface area contributed by atoms with Crippen LogP contribution in [0.3, 0.4) is 0 Å². The minimum absolute atomic E-state index is 0.151. The lowest BCUT2D eigenvalue weighted by atomic mass is 9.90. The number of amides is 1. The van der Waals surface area contributed by atoms with Gasteiger partial charge in [-0.25, -0.2) is 4.39 Å². The monoisotopic (exact) mass is 641 g/mol. The maximum absolute atomic E-state index is 15.6. The number of halogens is 1. The van der Waals surface area contributed by atoms with E-state index in [1.807, 2.05) is 16.8 Å². The van der Waals surface area contributed by atoms with E-state index < -0.39 is 11.8 Å². The molecule has 0 atom stereocenters. The van der Waals surface area contributed by atoms with Crippen LogP contribution in [0.5, 0.6) is 0 Å². The minimum Gasteiger partial charge on any atom is -0.461 e. The van der Waals surface area contributed by atoms with Crippen molar-refractivity contribution < 1.29 is 18.7 Å². The van der Waals surface area contributed by atoms with E-state index in [1.165, 1.54) is 34.9 Å². The number of carbonyl (C=O) groups excluding carboxylic acids is 2. The van der Waals surface area contributed by atoms with E-state index in [-0.39, 0.29) is 29.2 Å². The van der Waals surface area contributed by atoms with E-state index in [9.17, 15) is 14.4 Å². The van der Waals surface area contributed by atoms with Crippen LogP contribution in [0, 0.1) is 11.2 Å². The fourth-order valence-corrected chi connectivity index (χ4v) is 7.33. The lowest BCUT2D eigenvalue weighted by molar-refractivity contribution is -0.142. The maximum atomic E-state index is 15.6. The molecule has 0 unspecified atom stereocenters. The summed E-state index contributed by atoms with van der Waals surface area (Å²) in [5, 5.41) is 7.85. The third-order valence-corrected chi connectivity index (χ3v) is 9.61. The zero-order chi connectivity index (χ0) is 33.2. The van der Waals surface area contributed by atoms with Crippen molar-refractivity contribution in [3.63, 3.8) is 0 Å². The number of nitrogens with one attached hydrogen (secondary N) is 1. The van der Waals surface area contributed by atoms with Crippen LogP contribution >= 0.6 is 0 Å². The number of rotatable bonds is 7. The number of hydrogen-bond donors (Lipinski definition) is 1. The van der Waals surface area contributed by atoms with Gasteiger partial charge < -0.3 is 24.1 Å². The molecule has 0 saturated carbocycles. The number of pyridine rings is 1. The second kappa shape index (κ2) is 11.5. The number of carbonyl (C=O) groups is 2. The Labute approximate surface area is 272 Å². The number of hydrogen-bond acceptors (Lipinski definition) is 7. The first-order valence-electron chi connectivity index (χ1n) is 16.2.